The second kappa shape index (κ2) is 14.3. The molecule has 0 aliphatic carbocycles. The van der Waals surface area contributed by atoms with Crippen LogP contribution in [0.1, 0.15) is 34.6 Å². The molecule has 3 N–H and O–H groups in total. The van der Waals surface area contributed by atoms with Crippen LogP contribution in [0.15, 0.2) is 82.6 Å². The average molecular weight is 674 g/mol. The Kier molecular flexibility index (Phi) is 10.2. The Balaban J connectivity index is 0.000000505. The zero-order valence-electron chi connectivity index (χ0n) is 23.4. The van der Waals surface area contributed by atoms with E-state index in [4.69, 9.17) is 17.0 Å². The van der Waals surface area contributed by atoms with E-state index in [2.05, 4.69) is 19.9 Å². The van der Waals surface area contributed by atoms with Crippen molar-refractivity contribution in [3.63, 3.8) is 0 Å². The van der Waals surface area contributed by atoms with Crippen LogP contribution in [0, 0.1) is 4.64 Å². The average Bonchev–Trinajstić information content (AvgIpc) is 3.46. The summed E-state index contributed by atoms with van der Waals surface area (Å²) in [5.41, 5.74) is -0.651. The van der Waals surface area contributed by atoms with E-state index in [1.54, 1.807) is 18.2 Å². The van der Waals surface area contributed by atoms with E-state index in [9.17, 15) is 27.9 Å². The lowest BCUT2D eigenvalue weighted by Crippen LogP contribution is -2.38. The van der Waals surface area contributed by atoms with Gasteiger partial charge in [-0.25, -0.2) is 9.78 Å². The molecule has 15 heteroatoms. The smallest absolute Gasteiger partial charge is 0.419 e. The molecular weight excluding hydrogens is 648 g/mol. The van der Waals surface area contributed by atoms with Crippen molar-refractivity contribution in [1.29, 1.82) is 0 Å². The van der Waals surface area contributed by atoms with Crippen LogP contribution in [0.2, 0.25) is 0 Å². The minimum Gasteiger partial charge on any atom is -0.490 e. The number of nitrogens with zero attached hydrogens (tertiary/aromatic N) is 3. The molecular formula is C30H26F3N5O4S3. The van der Waals surface area contributed by atoms with Gasteiger partial charge in [-0.3, -0.25) is 4.79 Å². The monoisotopic (exact) mass is 673 g/mol. The number of para-hydroxylation sites is 1. The predicted molar refractivity (Wildman–Crippen MR) is 170 cm³/mol. The highest BCUT2D eigenvalue weighted by molar-refractivity contribution is 7.98. The van der Waals surface area contributed by atoms with Crippen LogP contribution < -0.4 is 15.2 Å². The third-order valence-electron chi connectivity index (χ3n) is 6.66. The molecule has 0 spiro atoms. The number of aromatic amines is 2. The number of ether oxygens (including phenoxy) is 1. The van der Waals surface area contributed by atoms with E-state index in [-0.39, 0.29) is 28.7 Å². The van der Waals surface area contributed by atoms with E-state index in [0.717, 1.165) is 10.7 Å². The van der Waals surface area contributed by atoms with Crippen molar-refractivity contribution in [2.75, 3.05) is 18.0 Å². The van der Waals surface area contributed by atoms with E-state index in [1.165, 1.54) is 47.4 Å². The zero-order valence-corrected chi connectivity index (χ0v) is 25.9. The highest BCUT2D eigenvalue weighted by Gasteiger charge is 2.35. The van der Waals surface area contributed by atoms with Crippen LogP contribution >= 0.6 is 35.3 Å². The number of carbonyl (C=O) groups is 1. The van der Waals surface area contributed by atoms with Crippen LogP contribution in [0.4, 0.5) is 18.3 Å². The van der Waals surface area contributed by atoms with Gasteiger partial charge in [0.1, 0.15) is 27.0 Å². The first-order valence-corrected chi connectivity index (χ1v) is 15.9. The Hall–Kier alpha value is -4.21. The maximum absolute atomic E-state index is 13.3. The number of nitrogens with one attached hydrogen (secondary N) is 2. The fourth-order valence-electron chi connectivity index (χ4n) is 4.51. The largest absolute Gasteiger partial charge is 0.490 e. The number of piperidine rings is 1. The van der Waals surface area contributed by atoms with Gasteiger partial charge in [-0.1, -0.05) is 53.9 Å². The number of hydrogen-bond donors (Lipinski definition) is 3. The molecule has 0 bridgehead atoms. The van der Waals surface area contributed by atoms with Gasteiger partial charge in [-0.15, -0.1) is 11.8 Å². The third-order valence-corrected chi connectivity index (χ3v) is 9.11. The highest BCUT2D eigenvalue weighted by Crippen LogP contribution is 2.37. The predicted octanol–water partition coefficient (Wildman–Crippen LogP) is 7.18. The number of pyridine rings is 1. The summed E-state index contributed by atoms with van der Waals surface area (Å²) in [6.45, 7) is 1.01. The molecule has 9 nitrogen and oxygen atoms in total. The second-order valence-corrected chi connectivity index (χ2v) is 12.2. The molecule has 1 saturated heterocycles. The normalized spacial score (nSPS) is 13.7. The van der Waals surface area contributed by atoms with Crippen molar-refractivity contribution >= 4 is 56.8 Å². The molecule has 0 amide bonds. The Morgan fingerprint density at radius 1 is 1.07 bits per heavy atom. The van der Waals surface area contributed by atoms with Gasteiger partial charge in [-0.05, 0) is 36.4 Å². The van der Waals surface area contributed by atoms with E-state index < -0.39 is 17.7 Å². The number of hydrogen-bond acceptors (Lipinski definition) is 9. The number of alkyl halides is 3. The van der Waals surface area contributed by atoms with Crippen LogP contribution in [0.25, 0.3) is 10.3 Å². The first-order chi connectivity index (χ1) is 21.6. The number of carboxylic acids is 1. The standard InChI is InChI=1S/C25H21F3N4O4S2.C5H5NS/c26-25(27,28)16-6-2-3-7-17(16)36-14-9-11-32(12-10-14)24-31-21-20(38-24)22(33)30-19(29-21)13-37-18-8-4-1-5-15(18)23(34)35;7-5-3-1-2-4-6-5/h1-8,14H,9-13H2,(H,34,35)(H,29,30,33);1-4H,(H,6,7). The van der Waals surface area contributed by atoms with Crippen molar-refractivity contribution in [2.24, 2.45) is 0 Å². The van der Waals surface area contributed by atoms with E-state index >= 15 is 0 Å². The van der Waals surface area contributed by atoms with Gasteiger partial charge in [0.25, 0.3) is 5.56 Å². The number of thiazole rings is 1. The molecule has 5 aromatic rings. The molecule has 234 valence electrons. The summed E-state index contributed by atoms with van der Waals surface area (Å²) in [5, 5.41) is 9.96. The molecule has 45 heavy (non-hydrogen) atoms. The summed E-state index contributed by atoms with van der Waals surface area (Å²) in [6.07, 6.45) is -2.06. The SMILES string of the molecule is O=C(O)c1ccccc1SCc1nc2nc(N3CCC(Oc4ccccc4C(F)(F)F)CC3)sc2c(=O)[nH]1.S=c1cccc[nH]1. The Bertz CT molecular complexity index is 1880. The molecule has 0 atom stereocenters. The summed E-state index contributed by atoms with van der Waals surface area (Å²) < 4.78 is 46.7. The molecule has 2 aromatic carbocycles. The summed E-state index contributed by atoms with van der Waals surface area (Å²) in [7, 11) is 0. The number of aromatic carboxylic acids is 1. The number of benzene rings is 2. The molecule has 1 fully saturated rings. The molecule has 6 rings (SSSR count). The minimum absolute atomic E-state index is 0.172. The van der Waals surface area contributed by atoms with Gasteiger partial charge in [0.05, 0.1) is 16.9 Å². The van der Waals surface area contributed by atoms with Gasteiger partial charge in [0, 0.05) is 37.0 Å². The van der Waals surface area contributed by atoms with Crippen molar-refractivity contribution < 1.29 is 27.8 Å². The van der Waals surface area contributed by atoms with Gasteiger partial charge in [0.15, 0.2) is 10.8 Å². The maximum atomic E-state index is 13.3. The number of halogens is 3. The molecule has 4 heterocycles. The number of H-pyrrole nitrogens is 2. The number of fused-ring (bicyclic) bond motifs is 1. The quantitative estimate of drug-likeness (QED) is 0.122. The van der Waals surface area contributed by atoms with Crippen molar-refractivity contribution in [3.8, 4) is 5.75 Å². The van der Waals surface area contributed by atoms with Gasteiger partial charge in [-0.2, -0.15) is 18.2 Å². The van der Waals surface area contributed by atoms with Crippen LogP contribution in [-0.4, -0.2) is 50.2 Å². The zero-order chi connectivity index (χ0) is 32.0. The van der Waals surface area contributed by atoms with Crippen molar-refractivity contribution in [3.05, 3.63) is 105 Å². The molecule has 0 radical (unpaired) electrons. The first-order valence-electron chi connectivity index (χ1n) is 13.6. The molecule has 0 unspecified atom stereocenters. The van der Waals surface area contributed by atoms with E-state index in [1.807, 2.05) is 29.3 Å². The third kappa shape index (κ3) is 8.29. The topological polar surface area (TPSA) is 124 Å². The number of carboxylic acid groups (broad SMARTS) is 1. The minimum atomic E-state index is -4.49. The Labute approximate surface area is 268 Å². The fourth-order valence-corrected chi connectivity index (χ4v) is 6.53. The van der Waals surface area contributed by atoms with Gasteiger partial charge in [0.2, 0.25) is 0 Å². The van der Waals surface area contributed by atoms with Gasteiger partial charge < -0.3 is 24.7 Å². The number of rotatable bonds is 7. The summed E-state index contributed by atoms with van der Waals surface area (Å²) >= 11 is 7.21. The highest BCUT2D eigenvalue weighted by atomic mass is 32.2. The number of anilines is 1. The first kappa shape index (κ1) is 32.2. The summed E-state index contributed by atoms with van der Waals surface area (Å²) in [6, 6.07) is 17.4. The fraction of sp³-hybridized carbons (Fsp3) is 0.233. The van der Waals surface area contributed by atoms with Crippen LogP contribution in [0.3, 0.4) is 0 Å². The Morgan fingerprint density at radius 3 is 2.44 bits per heavy atom. The number of thioether (sulfide) groups is 1. The van der Waals surface area contributed by atoms with Crippen molar-refractivity contribution in [2.45, 2.75) is 35.8 Å². The lowest BCUT2D eigenvalue weighted by atomic mass is 10.1. The maximum Gasteiger partial charge on any atom is 0.419 e. The van der Waals surface area contributed by atoms with Crippen LogP contribution in [-0.2, 0) is 11.9 Å². The second-order valence-electron chi connectivity index (χ2n) is 9.78. The lowest BCUT2D eigenvalue weighted by molar-refractivity contribution is -0.139. The molecule has 1 aliphatic heterocycles. The molecule has 1 aliphatic rings. The van der Waals surface area contributed by atoms with Gasteiger partial charge >= 0.3 is 12.1 Å². The number of aromatic nitrogens is 4. The molecule has 0 saturated carbocycles. The van der Waals surface area contributed by atoms with E-state index in [0.29, 0.717) is 52.1 Å². The Morgan fingerprint density at radius 2 is 1.78 bits per heavy atom. The van der Waals surface area contributed by atoms with Crippen LogP contribution in [0.5, 0.6) is 5.75 Å². The molecule has 3 aromatic heterocycles. The summed E-state index contributed by atoms with van der Waals surface area (Å²) in [5.74, 6) is -0.580. The summed E-state index contributed by atoms with van der Waals surface area (Å²) in [4.78, 5) is 41.2. The lowest BCUT2D eigenvalue weighted by Gasteiger charge is -2.32. The van der Waals surface area contributed by atoms with Crippen molar-refractivity contribution in [1.82, 2.24) is 19.9 Å².